The summed E-state index contributed by atoms with van der Waals surface area (Å²) in [5.41, 5.74) is 12.1. The van der Waals surface area contributed by atoms with Crippen molar-refractivity contribution in [2.45, 2.75) is 59.3 Å². The molecule has 0 aliphatic carbocycles. The summed E-state index contributed by atoms with van der Waals surface area (Å²) in [7, 11) is 4.35. The first-order chi connectivity index (χ1) is 27.2. The van der Waals surface area contributed by atoms with Crippen LogP contribution >= 0.6 is 15.9 Å². The summed E-state index contributed by atoms with van der Waals surface area (Å²) < 4.78 is 28.0. The SMILES string of the molecule is C.C.C=CC.C=Cc1c(C2CCN(C)CC2)[nH]c(-c2ccc(F)cc2)c1-c1ccncc1.CN1CCC(c2[nH]c(-c3ccc(F)cc3)c(-c3ccncc3)c2Br)CC1. The Kier molecular flexibility index (Phi) is 17.1. The van der Waals surface area contributed by atoms with E-state index in [4.69, 9.17) is 0 Å². The molecular weight excluding hydrogens is 790 g/mol. The number of nitrogens with zero attached hydrogens (tertiary/aromatic N) is 4. The summed E-state index contributed by atoms with van der Waals surface area (Å²) >= 11 is 3.86. The monoisotopic (exact) mass is 848 g/mol. The van der Waals surface area contributed by atoms with E-state index >= 15 is 0 Å². The number of hydrogen-bond donors (Lipinski definition) is 2. The fraction of sp³-hybridized carbons (Fsp3) is 0.306. The first-order valence-electron chi connectivity index (χ1n) is 19.3. The second-order valence-corrected chi connectivity index (χ2v) is 15.4. The van der Waals surface area contributed by atoms with Gasteiger partial charge in [-0.2, -0.15) is 0 Å². The highest BCUT2D eigenvalue weighted by atomic mass is 79.9. The molecule has 4 aromatic heterocycles. The molecule has 2 aliphatic heterocycles. The van der Waals surface area contributed by atoms with Crippen LogP contribution in [0.3, 0.4) is 0 Å². The molecule has 2 saturated heterocycles. The third-order valence-corrected chi connectivity index (χ3v) is 11.5. The van der Waals surface area contributed by atoms with Crippen LogP contribution in [0.4, 0.5) is 8.78 Å². The molecule has 0 bridgehead atoms. The van der Waals surface area contributed by atoms with Gasteiger partial charge >= 0.3 is 0 Å². The Hall–Kier alpha value is -4.96. The lowest BCUT2D eigenvalue weighted by Gasteiger charge is -2.29. The first kappa shape index (κ1) is 45.7. The van der Waals surface area contributed by atoms with Crippen LogP contribution < -0.4 is 0 Å². The minimum absolute atomic E-state index is 0. The zero-order valence-electron chi connectivity index (χ0n) is 32.5. The van der Waals surface area contributed by atoms with Gasteiger partial charge in [-0.15, -0.1) is 6.58 Å². The van der Waals surface area contributed by atoms with Crippen molar-refractivity contribution in [3.63, 3.8) is 0 Å². The number of hydrogen-bond acceptors (Lipinski definition) is 4. The third kappa shape index (κ3) is 10.7. The van der Waals surface area contributed by atoms with Crippen molar-refractivity contribution < 1.29 is 8.78 Å². The molecule has 6 aromatic rings. The number of rotatable bonds is 7. The van der Waals surface area contributed by atoms with Crippen LogP contribution in [0.15, 0.2) is 121 Å². The Morgan fingerprint density at radius 2 is 0.966 bits per heavy atom. The fourth-order valence-electron chi connectivity index (χ4n) is 7.71. The molecule has 2 N–H and O–H groups in total. The minimum Gasteiger partial charge on any atom is -0.357 e. The molecular formula is C49H59BrF2N6. The van der Waals surface area contributed by atoms with Gasteiger partial charge in [0.2, 0.25) is 0 Å². The second kappa shape index (κ2) is 21.7. The second-order valence-electron chi connectivity index (χ2n) is 14.6. The minimum atomic E-state index is -0.227. The van der Waals surface area contributed by atoms with Crippen LogP contribution in [0.5, 0.6) is 0 Å². The van der Waals surface area contributed by atoms with Crippen molar-refractivity contribution >= 4 is 22.0 Å². The lowest BCUT2D eigenvalue weighted by molar-refractivity contribution is 0.253. The Labute approximate surface area is 353 Å². The molecule has 0 atom stereocenters. The fourth-order valence-corrected chi connectivity index (χ4v) is 8.56. The van der Waals surface area contributed by atoms with Gasteiger partial charge in [0.1, 0.15) is 11.6 Å². The number of halogens is 3. The summed E-state index contributed by atoms with van der Waals surface area (Å²) in [4.78, 5) is 20.4. The Morgan fingerprint density at radius 1 is 0.603 bits per heavy atom. The molecule has 306 valence electrons. The van der Waals surface area contributed by atoms with Gasteiger partial charge in [0.25, 0.3) is 0 Å². The molecule has 0 unspecified atom stereocenters. The van der Waals surface area contributed by atoms with Crippen LogP contribution in [0, 0.1) is 11.6 Å². The Bertz CT molecular complexity index is 2160. The van der Waals surface area contributed by atoms with Crippen LogP contribution in [0.25, 0.3) is 50.8 Å². The largest absolute Gasteiger partial charge is 0.357 e. The van der Waals surface area contributed by atoms with E-state index in [0.717, 1.165) is 107 Å². The number of benzene rings is 2. The van der Waals surface area contributed by atoms with E-state index in [1.54, 1.807) is 30.9 Å². The predicted octanol–water partition coefficient (Wildman–Crippen LogP) is 13.3. The van der Waals surface area contributed by atoms with Crippen LogP contribution in [0.2, 0.25) is 0 Å². The van der Waals surface area contributed by atoms with E-state index in [9.17, 15) is 8.78 Å². The number of aromatic amines is 2. The summed E-state index contributed by atoms with van der Waals surface area (Å²) in [6, 6.07) is 21.4. The quantitative estimate of drug-likeness (QED) is 0.157. The van der Waals surface area contributed by atoms with Gasteiger partial charge in [-0.05, 0) is 184 Å². The van der Waals surface area contributed by atoms with Gasteiger partial charge < -0.3 is 19.8 Å². The highest BCUT2D eigenvalue weighted by Crippen LogP contribution is 2.45. The average Bonchev–Trinajstić information content (AvgIpc) is 3.78. The van der Waals surface area contributed by atoms with Crippen LogP contribution in [0.1, 0.15) is 76.2 Å². The maximum atomic E-state index is 13.5. The van der Waals surface area contributed by atoms with Gasteiger partial charge in [-0.25, -0.2) is 8.78 Å². The lowest BCUT2D eigenvalue weighted by Crippen LogP contribution is -2.29. The highest BCUT2D eigenvalue weighted by Gasteiger charge is 2.28. The van der Waals surface area contributed by atoms with Crippen LogP contribution in [-0.4, -0.2) is 70.0 Å². The molecule has 6 heterocycles. The molecule has 2 fully saturated rings. The van der Waals surface area contributed by atoms with Crippen molar-refractivity contribution in [2.24, 2.45) is 0 Å². The van der Waals surface area contributed by atoms with Crippen molar-refractivity contribution in [3.8, 4) is 44.8 Å². The zero-order valence-corrected chi connectivity index (χ0v) is 34.1. The summed E-state index contributed by atoms with van der Waals surface area (Å²) in [6.45, 7) is 13.7. The van der Waals surface area contributed by atoms with E-state index in [2.05, 4.69) is 72.9 Å². The van der Waals surface area contributed by atoms with Gasteiger partial charge in [0, 0.05) is 69.2 Å². The average molecular weight is 850 g/mol. The number of H-pyrrole nitrogens is 2. The maximum Gasteiger partial charge on any atom is 0.123 e. The standard InChI is InChI=1S/C23H24FN3.C21H21BrFN3.C3H6.2CH4/c1-3-20-21(16-8-12-25-13-9-16)23(17-4-6-19(24)7-5-17)26-22(20)18-10-14-27(2)15-11-18;1-26-12-8-16(9-13-26)21-19(22)18(14-6-10-24-11-7-14)20(25-21)15-2-4-17(23)5-3-15;1-3-2;;/h3-9,12-13,18,26H,1,10-11,14-15H2,2H3;2-7,10-11,16,25H,8-9,12-13H2,1H3;3H,1H2,2H3;2*1H4. The van der Waals surface area contributed by atoms with Gasteiger partial charge in [0.05, 0.1) is 11.4 Å². The molecule has 6 nitrogen and oxygen atoms in total. The van der Waals surface area contributed by atoms with Crippen molar-refractivity contribution in [2.75, 3.05) is 40.3 Å². The maximum absolute atomic E-state index is 13.5. The van der Waals surface area contributed by atoms with E-state index < -0.39 is 0 Å². The third-order valence-electron chi connectivity index (χ3n) is 10.7. The van der Waals surface area contributed by atoms with E-state index in [0.29, 0.717) is 11.8 Å². The smallest absolute Gasteiger partial charge is 0.123 e. The Morgan fingerprint density at radius 3 is 1.38 bits per heavy atom. The van der Waals surface area contributed by atoms with Gasteiger partial charge in [0.15, 0.2) is 0 Å². The number of aromatic nitrogens is 4. The zero-order chi connectivity index (χ0) is 39.6. The van der Waals surface area contributed by atoms with Gasteiger partial charge in [-0.3, -0.25) is 9.97 Å². The molecule has 58 heavy (non-hydrogen) atoms. The molecule has 0 amide bonds. The van der Waals surface area contributed by atoms with Gasteiger partial charge in [-0.1, -0.05) is 33.6 Å². The molecule has 2 aliphatic rings. The molecule has 0 radical (unpaired) electrons. The number of nitrogens with one attached hydrogen (secondary N) is 2. The van der Waals surface area contributed by atoms with E-state index in [1.807, 2.05) is 61.5 Å². The van der Waals surface area contributed by atoms with Crippen molar-refractivity contribution in [3.05, 3.63) is 150 Å². The molecule has 8 rings (SSSR count). The number of allylic oxidation sites excluding steroid dienone is 1. The predicted molar refractivity (Wildman–Crippen MR) is 245 cm³/mol. The van der Waals surface area contributed by atoms with Crippen LogP contribution in [-0.2, 0) is 0 Å². The highest BCUT2D eigenvalue weighted by molar-refractivity contribution is 9.10. The lowest BCUT2D eigenvalue weighted by atomic mass is 9.89. The normalized spacial score (nSPS) is 14.8. The number of piperidine rings is 2. The van der Waals surface area contributed by atoms with E-state index in [-0.39, 0.29) is 26.5 Å². The summed E-state index contributed by atoms with van der Waals surface area (Å²) in [5.74, 6) is 0.523. The Balaban J connectivity index is 0.000000233. The topological polar surface area (TPSA) is 63.8 Å². The molecule has 0 saturated carbocycles. The molecule has 0 spiro atoms. The first-order valence-corrected chi connectivity index (χ1v) is 20.1. The number of pyridine rings is 2. The summed E-state index contributed by atoms with van der Waals surface area (Å²) in [5, 5.41) is 0. The summed E-state index contributed by atoms with van der Waals surface area (Å²) in [6.07, 6.45) is 15.4. The van der Waals surface area contributed by atoms with Crippen molar-refractivity contribution in [1.82, 2.24) is 29.7 Å². The van der Waals surface area contributed by atoms with Crippen molar-refractivity contribution in [1.29, 1.82) is 0 Å². The molecule has 2 aromatic carbocycles. The van der Waals surface area contributed by atoms with E-state index in [1.165, 1.54) is 35.7 Å². The molecule has 9 heteroatoms. The number of likely N-dealkylation sites (tertiary alicyclic amines) is 2.